The normalized spacial score (nSPS) is 10.1. The number of benzene rings is 2. The Morgan fingerprint density at radius 3 is 2.45 bits per heavy atom. The van der Waals surface area contributed by atoms with Crippen LogP contribution in [0.25, 0.3) is 0 Å². The summed E-state index contributed by atoms with van der Waals surface area (Å²) in [6.07, 6.45) is 0.0757. The number of amides is 1. The van der Waals surface area contributed by atoms with Crippen molar-refractivity contribution in [3.63, 3.8) is 0 Å². The number of carbonyl (C=O) groups excluding carboxylic acids is 2. The van der Waals surface area contributed by atoms with Crippen molar-refractivity contribution in [3.8, 4) is 5.75 Å². The summed E-state index contributed by atoms with van der Waals surface area (Å²) in [5.41, 5.74) is 0.380. The van der Waals surface area contributed by atoms with Gasteiger partial charge in [-0.15, -0.1) is 0 Å². The number of hydrogen-bond donors (Lipinski definition) is 1. The molecule has 2 aromatic carbocycles. The molecule has 0 aliphatic carbocycles. The smallest absolute Gasteiger partial charge is 0.312 e. The Labute approximate surface area is 141 Å². The molecule has 0 bridgehead atoms. The van der Waals surface area contributed by atoms with Gasteiger partial charge in [0, 0.05) is 11.0 Å². The summed E-state index contributed by atoms with van der Waals surface area (Å²) in [7, 11) is 0. The van der Waals surface area contributed by atoms with Crippen LogP contribution in [0.5, 0.6) is 5.75 Å². The van der Waals surface area contributed by atoms with Crippen LogP contribution in [0.2, 0.25) is 5.02 Å². The fourth-order valence-corrected chi connectivity index (χ4v) is 2.19. The molecule has 0 spiro atoms. The van der Waals surface area contributed by atoms with Gasteiger partial charge in [-0.3, -0.25) is 9.59 Å². The monoisotopic (exact) mass is 381 g/mol. The second kappa shape index (κ2) is 7.96. The molecular weight excluding hydrogens is 370 g/mol. The van der Waals surface area contributed by atoms with Gasteiger partial charge in [-0.2, -0.15) is 0 Å². The largest absolute Gasteiger partial charge is 0.426 e. The van der Waals surface area contributed by atoms with Gasteiger partial charge >= 0.3 is 5.97 Å². The van der Waals surface area contributed by atoms with Crippen molar-refractivity contribution in [2.75, 3.05) is 6.54 Å². The Morgan fingerprint density at radius 2 is 1.77 bits per heavy atom. The first-order chi connectivity index (χ1) is 10.6. The van der Waals surface area contributed by atoms with E-state index in [0.29, 0.717) is 16.3 Å². The quantitative estimate of drug-likeness (QED) is 0.631. The van der Waals surface area contributed by atoms with E-state index in [2.05, 4.69) is 21.2 Å². The first kappa shape index (κ1) is 16.5. The molecule has 0 aliphatic rings. The van der Waals surface area contributed by atoms with Crippen LogP contribution < -0.4 is 10.1 Å². The third-order valence-electron chi connectivity index (χ3n) is 2.78. The average molecular weight is 383 g/mol. The zero-order valence-electron chi connectivity index (χ0n) is 11.5. The third kappa shape index (κ3) is 4.86. The molecule has 2 rings (SSSR count). The third-order valence-corrected chi connectivity index (χ3v) is 3.64. The topological polar surface area (TPSA) is 55.4 Å². The summed E-state index contributed by atoms with van der Waals surface area (Å²) in [6.45, 7) is 0.180. The second-order valence-corrected chi connectivity index (χ2v) is 5.74. The zero-order valence-corrected chi connectivity index (χ0v) is 13.9. The van der Waals surface area contributed by atoms with Crippen LogP contribution in [0.1, 0.15) is 16.8 Å². The van der Waals surface area contributed by atoms with E-state index in [4.69, 9.17) is 16.3 Å². The maximum absolute atomic E-state index is 11.9. The molecule has 0 aliphatic heterocycles. The highest BCUT2D eigenvalue weighted by molar-refractivity contribution is 9.10. The SMILES string of the molecule is O=C(CCNC(=O)c1ccccc1Cl)Oc1ccc(Br)cc1. The molecule has 0 unspecified atom stereocenters. The predicted molar refractivity (Wildman–Crippen MR) is 88.2 cm³/mol. The summed E-state index contributed by atoms with van der Waals surface area (Å²) in [6, 6.07) is 13.7. The molecule has 0 atom stereocenters. The maximum atomic E-state index is 11.9. The highest BCUT2D eigenvalue weighted by atomic mass is 79.9. The van der Waals surface area contributed by atoms with E-state index in [1.165, 1.54) is 0 Å². The van der Waals surface area contributed by atoms with Crippen molar-refractivity contribution in [1.82, 2.24) is 5.32 Å². The van der Waals surface area contributed by atoms with Crippen LogP contribution in [0.3, 0.4) is 0 Å². The number of carbonyl (C=O) groups is 2. The molecule has 2 aromatic rings. The Bertz CT molecular complexity index is 673. The first-order valence-corrected chi connectivity index (χ1v) is 7.72. The van der Waals surface area contributed by atoms with Crippen molar-refractivity contribution in [2.45, 2.75) is 6.42 Å². The number of rotatable bonds is 5. The van der Waals surface area contributed by atoms with Gasteiger partial charge in [0.25, 0.3) is 5.91 Å². The van der Waals surface area contributed by atoms with Gasteiger partial charge < -0.3 is 10.1 Å². The van der Waals surface area contributed by atoms with Crippen molar-refractivity contribution in [1.29, 1.82) is 0 Å². The van der Waals surface area contributed by atoms with E-state index in [1.54, 1.807) is 48.5 Å². The predicted octanol–water partition coefficient (Wildman–Crippen LogP) is 3.83. The summed E-state index contributed by atoms with van der Waals surface area (Å²) in [4.78, 5) is 23.6. The van der Waals surface area contributed by atoms with Gasteiger partial charge in [0.05, 0.1) is 17.0 Å². The van der Waals surface area contributed by atoms with E-state index in [-0.39, 0.29) is 18.9 Å². The van der Waals surface area contributed by atoms with Gasteiger partial charge in [-0.05, 0) is 36.4 Å². The lowest BCUT2D eigenvalue weighted by Gasteiger charge is -2.07. The Morgan fingerprint density at radius 1 is 1.09 bits per heavy atom. The molecule has 0 heterocycles. The zero-order chi connectivity index (χ0) is 15.9. The van der Waals surface area contributed by atoms with E-state index in [0.717, 1.165) is 4.47 Å². The summed E-state index contributed by atoms with van der Waals surface area (Å²) >= 11 is 9.22. The molecule has 0 saturated heterocycles. The molecule has 0 radical (unpaired) electrons. The van der Waals surface area contributed by atoms with Gasteiger partial charge in [0.1, 0.15) is 5.75 Å². The van der Waals surface area contributed by atoms with Crippen LogP contribution in [0.15, 0.2) is 53.0 Å². The summed E-state index contributed by atoms with van der Waals surface area (Å²) < 4.78 is 6.05. The lowest BCUT2D eigenvalue weighted by atomic mass is 10.2. The fraction of sp³-hybridized carbons (Fsp3) is 0.125. The van der Waals surface area contributed by atoms with Crippen molar-refractivity contribution < 1.29 is 14.3 Å². The van der Waals surface area contributed by atoms with Gasteiger partial charge in [-0.25, -0.2) is 0 Å². The van der Waals surface area contributed by atoms with E-state index in [9.17, 15) is 9.59 Å². The van der Waals surface area contributed by atoms with Gasteiger partial charge in [0.15, 0.2) is 0 Å². The molecular formula is C16H13BrClNO3. The van der Waals surface area contributed by atoms with Crippen molar-refractivity contribution in [2.24, 2.45) is 0 Å². The Balaban J connectivity index is 1.78. The Hall–Kier alpha value is -1.85. The summed E-state index contributed by atoms with van der Waals surface area (Å²) in [5, 5.41) is 3.01. The van der Waals surface area contributed by atoms with Gasteiger partial charge in [-0.1, -0.05) is 39.7 Å². The summed E-state index contributed by atoms with van der Waals surface area (Å²) in [5.74, 6) is -0.269. The molecule has 114 valence electrons. The highest BCUT2D eigenvalue weighted by Gasteiger charge is 2.10. The van der Waals surface area contributed by atoms with E-state index >= 15 is 0 Å². The highest BCUT2D eigenvalue weighted by Crippen LogP contribution is 2.16. The van der Waals surface area contributed by atoms with E-state index in [1.807, 2.05) is 0 Å². The van der Waals surface area contributed by atoms with Crippen LogP contribution in [-0.2, 0) is 4.79 Å². The molecule has 0 fully saturated rings. The maximum Gasteiger partial charge on any atom is 0.312 e. The molecule has 0 saturated carbocycles. The average Bonchev–Trinajstić information content (AvgIpc) is 2.50. The van der Waals surface area contributed by atoms with Crippen molar-refractivity contribution >= 4 is 39.4 Å². The first-order valence-electron chi connectivity index (χ1n) is 6.55. The molecule has 1 N–H and O–H groups in total. The number of halogens is 2. The minimum atomic E-state index is -0.415. The lowest BCUT2D eigenvalue weighted by molar-refractivity contribution is -0.134. The van der Waals surface area contributed by atoms with Crippen LogP contribution in [0.4, 0.5) is 0 Å². The molecule has 1 amide bonds. The van der Waals surface area contributed by atoms with Crippen molar-refractivity contribution in [3.05, 3.63) is 63.6 Å². The molecule has 0 aromatic heterocycles. The molecule has 6 heteroatoms. The number of esters is 1. The fourth-order valence-electron chi connectivity index (χ4n) is 1.70. The number of nitrogens with one attached hydrogen (secondary N) is 1. The van der Waals surface area contributed by atoms with Crippen LogP contribution >= 0.6 is 27.5 Å². The van der Waals surface area contributed by atoms with Gasteiger partial charge in [0.2, 0.25) is 0 Å². The minimum absolute atomic E-state index is 0.0757. The van der Waals surface area contributed by atoms with Crippen LogP contribution in [0, 0.1) is 0 Å². The van der Waals surface area contributed by atoms with E-state index < -0.39 is 5.97 Å². The second-order valence-electron chi connectivity index (χ2n) is 4.41. The van der Waals surface area contributed by atoms with Crippen LogP contribution in [-0.4, -0.2) is 18.4 Å². The standard InChI is InChI=1S/C16H13BrClNO3/c17-11-5-7-12(8-6-11)22-15(20)9-10-19-16(21)13-3-1-2-4-14(13)18/h1-8H,9-10H2,(H,19,21). The minimum Gasteiger partial charge on any atom is -0.426 e. The number of ether oxygens (including phenoxy) is 1. The Kier molecular flexibility index (Phi) is 5.98. The number of hydrogen-bond acceptors (Lipinski definition) is 3. The molecule has 22 heavy (non-hydrogen) atoms. The molecule has 4 nitrogen and oxygen atoms in total. The lowest BCUT2D eigenvalue weighted by Crippen LogP contribution is -2.27.